The molecule has 0 radical (unpaired) electrons. The van der Waals surface area contributed by atoms with E-state index in [9.17, 15) is 0 Å². The molecule has 102 valence electrons. The minimum Gasteiger partial charge on any atom is -0.317 e. The second-order valence-corrected chi connectivity index (χ2v) is 5.51. The fourth-order valence-electron chi connectivity index (χ4n) is 2.88. The molecule has 1 atom stereocenters. The van der Waals surface area contributed by atoms with Gasteiger partial charge in [0, 0.05) is 6.54 Å². The first-order valence-electron chi connectivity index (χ1n) is 7.79. The second-order valence-electron chi connectivity index (χ2n) is 5.51. The van der Waals surface area contributed by atoms with Crippen molar-refractivity contribution < 1.29 is 0 Å². The number of unbranched alkanes of at least 4 members (excludes halogenated alkanes) is 3. The van der Waals surface area contributed by atoms with Crippen LogP contribution < -0.4 is 5.32 Å². The Labute approximate surface area is 108 Å². The van der Waals surface area contributed by atoms with E-state index in [-0.39, 0.29) is 0 Å². The third kappa shape index (κ3) is 7.05. The Balaban J connectivity index is 1.87. The number of rotatable bonds is 10. The zero-order valence-electron chi connectivity index (χ0n) is 12.0. The van der Waals surface area contributed by atoms with Crippen LogP contribution in [0, 0.1) is 5.92 Å². The first-order valence-corrected chi connectivity index (χ1v) is 7.79. The Kier molecular flexibility index (Phi) is 8.72. The first kappa shape index (κ1) is 15.0. The topological polar surface area (TPSA) is 15.3 Å². The number of hydrogen-bond acceptors (Lipinski definition) is 2. The van der Waals surface area contributed by atoms with Gasteiger partial charge in [-0.2, -0.15) is 0 Å². The lowest BCUT2D eigenvalue weighted by molar-refractivity contribution is 0.311. The van der Waals surface area contributed by atoms with Crippen molar-refractivity contribution in [2.45, 2.75) is 58.8 Å². The van der Waals surface area contributed by atoms with E-state index in [0.29, 0.717) is 0 Å². The summed E-state index contributed by atoms with van der Waals surface area (Å²) >= 11 is 0. The smallest absolute Gasteiger partial charge is 0.00101 e. The van der Waals surface area contributed by atoms with Crippen LogP contribution in [-0.4, -0.2) is 37.6 Å². The molecule has 0 amide bonds. The summed E-state index contributed by atoms with van der Waals surface area (Å²) in [4.78, 5) is 2.69. The Morgan fingerprint density at radius 2 is 1.94 bits per heavy atom. The second kappa shape index (κ2) is 9.90. The molecule has 1 aliphatic heterocycles. The molecule has 1 fully saturated rings. The fourth-order valence-corrected chi connectivity index (χ4v) is 2.88. The van der Waals surface area contributed by atoms with Gasteiger partial charge in [-0.3, -0.25) is 0 Å². The van der Waals surface area contributed by atoms with E-state index in [4.69, 9.17) is 0 Å². The van der Waals surface area contributed by atoms with Crippen molar-refractivity contribution in [2.24, 2.45) is 5.92 Å². The van der Waals surface area contributed by atoms with Crippen LogP contribution in [-0.2, 0) is 0 Å². The van der Waals surface area contributed by atoms with Gasteiger partial charge < -0.3 is 10.2 Å². The Morgan fingerprint density at radius 1 is 1.12 bits per heavy atom. The fraction of sp³-hybridized carbons (Fsp3) is 1.00. The summed E-state index contributed by atoms with van der Waals surface area (Å²) in [5.74, 6) is 1.01. The average molecular weight is 240 g/mol. The van der Waals surface area contributed by atoms with Gasteiger partial charge >= 0.3 is 0 Å². The van der Waals surface area contributed by atoms with Gasteiger partial charge in [0.25, 0.3) is 0 Å². The standard InChI is InChI=1S/C15H32N2/c1-3-9-15-10-13-17(14-15)12-8-6-5-7-11-16-4-2/h15-16H,3-14H2,1-2H3. The number of likely N-dealkylation sites (tertiary alicyclic amines) is 1. The molecule has 1 aliphatic rings. The van der Waals surface area contributed by atoms with E-state index < -0.39 is 0 Å². The van der Waals surface area contributed by atoms with Crippen molar-refractivity contribution in [3.8, 4) is 0 Å². The summed E-state index contributed by atoms with van der Waals surface area (Å²) < 4.78 is 0. The highest BCUT2D eigenvalue weighted by Gasteiger charge is 2.20. The van der Waals surface area contributed by atoms with Gasteiger partial charge in [0.1, 0.15) is 0 Å². The van der Waals surface area contributed by atoms with E-state index in [0.717, 1.165) is 12.5 Å². The minimum absolute atomic E-state index is 1.01. The van der Waals surface area contributed by atoms with Crippen LogP contribution in [0.15, 0.2) is 0 Å². The van der Waals surface area contributed by atoms with Gasteiger partial charge in [0.15, 0.2) is 0 Å². The molecule has 1 saturated heterocycles. The van der Waals surface area contributed by atoms with Crippen LogP contribution in [0.4, 0.5) is 0 Å². The maximum Gasteiger partial charge on any atom is 0.00101 e. The SMILES string of the molecule is CCCC1CCN(CCCCCCNCC)C1. The predicted molar refractivity (Wildman–Crippen MR) is 76.5 cm³/mol. The molecule has 1 rings (SSSR count). The summed E-state index contributed by atoms with van der Waals surface area (Å²) in [5, 5.41) is 3.39. The molecule has 1 N–H and O–H groups in total. The van der Waals surface area contributed by atoms with Crippen LogP contribution in [0.3, 0.4) is 0 Å². The third-order valence-corrected chi connectivity index (χ3v) is 3.89. The highest BCUT2D eigenvalue weighted by atomic mass is 15.1. The van der Waals surface area contributed by atoms with Gasteiger partial charge in [-0.25, -0.2) is 0 Å². The highest BCUT2D eigenvalue weighted by molar-refractivity contribution is 4.74. The van der Waals surface area contributed by atoms with Gasteiger partial charge in [-0.05, 0) is 57.8 Å². The molecule has 0 bridgehead atoms. The van der Waals surface area contributed by atoms with Gasteiger partial charge in [0.2, 0.25) is 0 Å². The summed E-state index contributed by atoms with van der Waals surface area (Å²) in [5.41, 5.74) is 0. The van der Waals surface area contributed by atoms with E-state index in [1.54, 1.807) is 0 Å². The summed E-state index contributed by atoms with van der Waals surface area (Å²) in [6.07, 6.45) is 9.84. The highest BCUT2D eigenvalue weighted by Crippen LogP contribution is 2.21. The number of nitrogens with one attached hydrogen (secondary N) is 1. The normalized spacial score (nSPS) is 21.2. The molecule has 1 heterocycles. The van der Waals surface area contributed by atoms with Crippen molar-refractivity contribution in [2.75, 3.05) is 32.7 Å². The maximum atomic E-state index is 3.39. The Morgan fingerprint density at radius 3 is 2.71 bits per heavy atom. The molecule has 0 aromatic rings. The molecule has 0 aromatic carbocycles. The van der Waals surface area contributed by atoms with Gasteiger partial charge in [-0.15, -0.1) is 0 Å². The number of nitrogens with zero attached hydrogens (tertiary/aromatic N) is 1. The first-order chi connectivity index (χ1) is 8.36. The van der Waals surface area contributed by atoms with Gasteiger partial charge in [0.05, 0.1) is 0 Å². The lowest BCUT2D eigenvalue weighted by Gasteiger charge is -2.15. The largest absolute Gasteiger partial charge is 0.317 e. The molecule has 2 nitrogen and oxygen atoms in total. The zero-order chi connectivity index (χ0) is 12.3. The van der Waals surface area contributed by atoms with Crippen LogP contribution in [0.1, 0.15) is 58.8 Å². The van der Waals surface area contributed by atoms with Crippen molar-refractivity contribution in [3.05, 3.63) is 0 Å². The third-order valence-electron chi connectivity index (χ3n) is 3.89. The van der Waals surface area contributed by atoms with Crippen molar-refractivity contribution >= 4 is 0 Å². The van der Waals surface area contributed by atoms with Crippen LogP contribution in [0.25, 0.3) is 0 Å². The molecular formula is C15H32N2. The zero-order valence-corrected chi connectivity index (χ0v) is 12.0. The van der Waals surface area contributed by atoms with Crippen LogP contribution in [0.2, 0.25) is 0 Å². The van der Waals surface area contributed by atoms with Crippen molar-refractivity contribution in [1.29, 1.82) is 0 Å². The molecule has 0 aliphatic carbocycles. The maximum absolute atomic E-state index is 3.39. The molecular weight excluding hydrogens is 208 g/mol. The molecule has 0 aromatic heterocycles. The minimum atomic E-state index is 1.01. The van der Waals surface area contributed by atoms with E-state index in [1.807, 2.05) is 0 Å². The summed E-state index contributed by atoms with van der Waals surface area (Å²) in [7, 11) is 0. The van der Waals surface area contributed by atoms with Crippen LogP contribution in [0.5, 0.6) is 0 Å². The lowest BCUT2D eigenvalue weighted by Crippen LogP contribution is -2.22. The van der Waals surface area contributed by atoms with E-state index in [1.165, 1.54) is 71.1 Å². The molecule has 0 spiro atoms. The molecule has 1 unspecified atom stereocenters. The van der Waals surface area contributed by atoms with Crippen molar-refractivity contribution in [1.82, 2.24) is 10.2 Å². The monoisotopic (exact) mass is 240 g/mol. The van der Waals surface area contributed by atoms with Crippen molar-refractivity contribution in [3.63, 3.8) is 0 Å². The Hall–Kier alpha value is -0.0800. The van der Waals surface area contributed by atoms with E-state index in [2.05, 4.69) is 24.1 Å². The predicted octanol–water partition coefficient (Wildman–Crippen LogP) is 3.28. The van der Waals surface area contributed by atoms with Gasteiger partial charge in [-0.1, -0.05) is 33.1 Å². The van der Waals surface area contributed by atoms with Crippen LogP contribution >= 0.6 is 0 Å². The quantitative estimate of drug-likeness (QED) is 0.590. The van der Waals surface area contributed by atoms with E-state index >= 15 is 0 Å². The molecule has 17 heavy (non-hydrogen) atoms. The number of hydrogen-bond donors (Lipinski definition) is 1. The Bertz CT molecular complexity index is 170. The lowest BCUT2D eigenvalue weighted by atomic mass is 10.0. The summed E-state index contributed by atoms with van der Waals surface area (Å²) in [6.45, 7) is 10.9. The average Bonchev–Trinajstić information content (AvgIpc) is 2.76. The molecule has 0 saturated carbocycles. The summed E-state index contributed by atoms with van der Waals surface area (Å²) in [6, 6.07) is 0. The molecule has 2 heteroatoms.